The predicted octanol–water partition coefficient (Wildman–Crippen LogP) is 3.34. The number of benzene rings is 2. The normalized spacial score (nSPS) is 11.8. The van der Waals surface area contributed by atoms with Crippen LogP contribution in [0, 0.1) is 0 Å². The molecule has 0 aliphatic carbocycles. The maximum Gasteiger partial charge on any atom is 0.416 e. The molecular weight excluding hydrogens is 277 g/mol. The molecule has 0 aliphatic rings. The van der Waals surface area contributed by atoms with Gasteiger partial charge in [-0.25, -0.2) is 8.42 Å². The van der Waals surface area contributed by atoms with Crippen molar-refractivity contribution in [3.05, 3.63) is 54.1 Å². The highest BCUT2D eigenvalue weighted by atomic mass is 32.2. The lowest BCUT2D eigenvalue weighted by molar-refractivity contribution is -0.137. The van der Waals surface area contributed by atoms with Crippen LogP contribution in [0.15, 0.2) is 53.4 Å². The number of rotatable bonds is 2. The Morgan fingerprint density at radius 1 is 0.895 bits per heavy atom. The number of hydrogen-bond acceptors (Lipinski definition) is 2. The van der Waals surface area contributed by atoms with Crippen molar-refractivity contribution >= 4 is 10.7 Å². The highest BCUT2D eigenvalue weighted by Gasteiger charge is 2.31. The fourth-order valence-corrected chi connectivity index (χ4v) is 2.31. The summed E-state index contributed by atoms with van der Waals surface area (Å²) in [6, 6.07) is 10.7. The van der Waals surface area contributed by atoms with Gasteiger partial charge < -0.3 is 0 Å². The zero-order valence-electron chi connectivity index (χ0n) is 9.52. The molecule has 100 valence electrons. The topological polar surface area (TPSA) is 34.1 Å². The zero-order valence-corrected chi connectivity index (χ0v) is 10.4. The van der Waals surface area contributed by atoms with Gasteiger partial charge in [0.2, 0.25) is 0 Å². The second-order valence-electron chi connectivity index (χ2n) is 3.85. The minimum Gasteiger partial charge on any atom is -0.227 e. The van der Waals surface area contributed by atoms with E-state index >= 15 is 0 Å². The summed E-state index contributed by atoms with van der Waals surface area (Å²) in [4.78, 5) is -0.116. The average Bonchev–Trinajstić information content (AvgIpc) is 2.38. The third kappa shape index (κ3) is 2.96. The van der Waals surface area contributed by atoms with Gasteiger partial charge in [-0.3, -0.25) is 0 Å². The van der Waals surface area contributed by atoms with Crippen LogP contribution in [0.25, 0.3) is 11.1 Å². The van der Waals surface area contributed by atoms with Crippen molar-refractivity contribution in [3.8, 4) is 11.1 Å². The maximum absolute atomic E-state index is 12.7. The lowest BCUT2D eigenvalue weighted by atomic mass is 10.0. The first-order valence-corrected chi connectivity index (χ1v) is 6.48. The standard InChI is InChI=1S/C13H9F3O2S/c14-13(15,16)10-6-7-12(19(17)18)11(8-10)9-4-2-1-3-5-9/h1-8,19H. The second-order valence-corrected chi connectivity index (χ2v) is 4.85. The third-order valence-corrected chi connectivity index (χ3v) is 3.39. The summed E-state index contributed by atoms with van der Waals surface area (Å²) in [7, 11) is -2.96. The van der Waals surface area contributed by atoms with Crippen molar-refractivity contribution in [3.63, 3.8) is 0 Å². The summed E-state index contributed by atoms with van der Waals surface area (Å²) in [5.41, 5.74) is -0.374. The van der Waals surface area contributed by atoms with E-state index in [2.05, 4.69) is 0 Å². The molecule has 0 N–H and O–H groups in total. The van der Waals surface area contributed by atoms with Gasteiger partial charge in [-0.05, 0) is 23.8 Å². The summed E-state index contributed by atoms with van der Waals surface area (Å²) >= 11 is 0. The van der Waals surface area contributed by atoms with Crippen molar-refractivity contribution in [1.82, 2.24) is 0 Å². The number of hydrogen-bond donors (Lipinski definition) is 1. The molecular formula is C13H9F3O2S. The Kier molecular flexibility index (Phi) is 3.61. The molecule has 2 rings (SSSR count). The molecule has 0 aliphatic heterocycles. The van der Waals surface area contributed by atoms with Crippen molar-refractivity contribution < 1.29 is 21.6 Å². The zero-order chi connectivity index (χ0) is 14.0. The fourth-order valence-electron chi connectivity index (χ4n) is 1.72. The fraction of sp³-hybridized carbons (Fsp3) is 0.0769. The molecule has 0 radical (unpaired) electrons. The van der Waals surface area contributed by atoms with Crippen LogP contribution in [-0.4, -0.2) is 8.42 Å². The monoisotopic (exact) mass is 286 g/mol. The number of alkyl halides is 3. The van der Waals surface area contributed by atoms with Gasteiger partial charge in [0.25, 0.3) is 0 Å². The number of thiol groups is 1. The van der Waals surface area contributed by atoms with Crippen molar-refractivity contribution in [2.24, 2.45) is 0 Å². The lowest BCUT2D eigenvalue weighted by Crippen LogP contribution is -2.05. The molecule has 0 bridgehead atoms. The minimum absolute atomic E-state index is 0.0616. The molecule has 6 heteroatoms. The van der Waals surface area contributed by atoms with Crippen LogP contribution in [0.4, 0.5) is 13.2 Å². The summed E-state index contributed by atoms with van der Waals surface area (Å²) in [5, 5.41) is 0. The molecule has 0 saturated heterocycles. The lowest BCUT2D eigenvalue weighted by Gasteiger charge is -2.11. The van der Waals surface area contributed by atoms with E-state index < -0.39 is 22.4 Å². The summed E-state index contributed by atoms with van der Waals surface area (Å²) in [6.45, 7) is 0. The Balaban J connectivity index is 2.68. The summed E-state index contributed by atoms with van der Waals surface area (Å²) < 4.78 is 60.2. The van der Waals surface area contributed by atoms with Crippen LogP contribution in [0.5, 0.6) is 0 Å². The van der Waals surface area contributed by atoms with Crippen molar-refractivity contribution in [2.45, 2.75) is 11.1 Å². The quantitative estimate of drug-likeness (QED) is 0.859. The first-order valence-electron chi connectivity index (χ1n) is 5.30. The van der Waals surface area contributed by atoms with Crippen LogP contribution >= 0.6 is 0 Å². The molecule has 0 heterocycles. The molecule has 0 unspecified atom stereocenters. The summed E-state index contributed by atoms with van der Waals surface area (Å²) in [6.07, 6.45) is -4.50. The van der Waals surface area contributed by atoms with Crippen molar-refractivity contribution in [2.75, 3.05) is 0 Å². The molecule has 0 aromatic heterocycles. The first kappa shape index (κ1) is 13.6. The van der Waals surface area contributed by atoms with Gasteiger partial charge >= 0.3 is 6.18 Å². The Labute approximate surface area is 109 Å². The molecule has 0 fully saturated rings. The van der Waals surface area contributed by atoms with Gasteiger partial charge in [-0.1, -0.05) is 30.3 Å². The molecule has 0 atom stereocenters. The molecule has 2 aromatic rings. The molecule has 2 nitrogen and oxygen atoms in total. The van der Waals surface area contributed by atoms with Gasteiger partial charge in [0.1, 0.15) is 0 Å². The second kappa shape index (κ2) is 5.05. The van der Waals surface area contributed by atoms with Gasteiger partial charge in [-0.2, -0.15) is 13.2 Å². The number of halogens is 3. The summed E-state index contributed by atoms with van der Waals surface area (Å²) in [5.74, 6) is 0. The van der Waals surface area contributed by atoms with E-state index in [9.17, 15) is 21.6 Å². The van der Waals surface area contributed by atoms with E-state index in [1.807, 2.05) is 0 Å². The van der Waals surface area contributed by atoms with Crippen LogP contribution in [0.3, 0.4) is 0 Å². The first-order chi connectivity index (χ1) is 8.89. The van der Waals surface area contributed by atoms with Crippen LogP contribution in [0.1, 0.15) is 5.56 Å². The minimum atomic E-state index is -4.50. The van der Waals surface area contributed by atoms with E-state index in [1.54, 1.807) is 30.3 Å². The van der Waals surface area contributed by atoms with E-state index in [1.165, 1.54) is 0 Å². The van der Waals surface area contributed by atoms with Gasteiger partial charge in [0.15, 0.2) is 10.7 Å². The molecule has 0 amide bonds. The van der Waals surface area contributed by atoms with Crippen molar-refractivity contribution in [1.29, 1.82) is 0 Å². The van der Waals surface area contributed by atoms with Gasteiger partial charge in [0, 0.05) is 5.56 Å². The van der Waals surface area contributed by atoms with E-state index in [4.69, 9.17) is 0 Å². The van der Waals surface area contributed by atoms with Crippen LogP contribution in [0.2, 0.25) is 0 Å². The molecule has 2 aromatic carbocycles. The van der Waals surface area contributed by atoms with Crippen LogP contribution < -0.4 is 0 Å². The molecule has 0 saturated carbocycles. The Morgan fingerprint density at radius 2 is 1.53 bits per heavy atom. The third-order valence-electron chi connectivity index (χ3n) is 2.61. The van der Waals surface area contributed by atoms with E-state index in [0.29, 0.717) is 5.56 Å². The highest BCUT2D eigenvalue weighted by Crippen LogP contribution is 2.34. The van der Waals surface area contributed by atoms with E-state index in [0.717, 1.165) is 18.2 Å². The Hall–Kier alpha value is -1.82. The smallest absolute Gasteiger partial charge is 0.227 e. The Morgan fingerprint density at radius 3 is 2.05 bits per heavy atom. The maximum atomic E-state index is 12.7. The molecule has 0 spiro atoms. The van der Waals surface area contributed by atoms with Gasteiger partial charge in [0.05, 0.1) is 10.5 Å². The predicted molar refractivity (Wildman–Crippen MR) is 65.5 cm³/mol. The highest BCUT2D eigenvalue weighted by molar-refractivity contribution is 7.72. The van der Waals surface area contributed by atoms with E-state index in [-0.39, 0.29) is 10.5 Å². The SMILES string of the molecule is O=[SH](=O)c1ccc(C(F)(F)F)cc1-c1ccccc1. The largest absolute Gasteiger partial charge is 0.416 e. The molecule has 19 heavy (non-hydrogen) atoms. The average molecular weight is 286 g/mol. The Bertz CT molecular complexity index is 653. The van der Waals surface area contributed by atoms with Crippen LogP contribution in [-0.2, 0) is 16.9 Å². The van der Waals surface area contributed by atoms with Gasteiger partial charge in [-0.15, -0.1) is 0 Å².